The summed E-state index contributed by atoms with van der Waals surface area (Å²) in [4.78, 5) is 13.8. The van der Waals surface area contributed by atoms with Gasteiger partial charge in [0, 0.05) is 24.3 Å². The maximum Gasteiger partial charge on any atom is 0.238 e. The molecule has 1 amide bonds. The normalized spacial score (nSPS) is 19.6. The molecular formula is C13H17F2N3O. The van der Waals surface area contributed by atoms with Crippen LogP contribution in [-0.2, 0) is 4.79 Å². The van der Waals surface area contributed by atoms with Gasteiger partial charge in [-0.15, -0.1) is 0 Å². The zero-order valence-electron chi connectivity index (χ0n) is 10.5. The highest BCUT2D eigenvalue weighted by atomic mass is 19.2. The zero-order valence-corrected chi connectivity index (χ0v) is 10.5. The maximum absolute atomic E-state index is 13.0. The van der Waals surface area contributed by atoms with Crippen LogP contribution in [0.25, 0.3) is 0 Å². The Morgan fingerprint density at radius 2 is 2.21 bits per heavy atom. The van der Waals surface area contributed by atoms with E-state index in [4.69, 9.17) is 5.73 Å². The van der Waals surface area contributed by atoms with Gasteiger partial charge in [0.2, 0.25) is 5.91 Å². The lowest BCUT2D eigenvalue weighted by Crippen LogP contribution is -2.40. The molecule has 1 fully saturated rings. The molecule has 0 aliphatic carbocycles. The third-order valence-corrected chi connectivity index (χ3v) is 3.32. The van der Waals surface area contributed by atoms with E-state index in [0.717, 1.165) is 31.5 Å². The van der Waals surface area contributed by atoms with Crippen LogP contribution in [0, 0.1) is 11.6 Å². The molecule has 1 aliphatic heterocycles. The van der Waals surface area contributed by atoms with Crippen LogP contribution in [0.2, 0.25) is 0 Å². The highest BCUT2D eigenvalue weighted by Gasteiger charge is 2.24. The van der Waals surface area contributed by atoms with Gasteiger partial charge in [-0.1, -0.05) is 0 Å². The molecule has 1 aromatic rings. The molecule has 3 N–H and O–H groups in total. The second-order valence-electron chi connectivity index (χ2n) is 4.68. The SMILES string of the molecule is NCC1CCCN1CC(=O)Nc1ccc(F)c(F)c1. The number of amides is 1. The molecule has 1 unspecified atom stereocenters. The van der Waals surface area contributed by atoms with E-state index in [1.165, 1.54) is 6.07 Å². The Hall–Kier alpha value is -1.53. The highest BCUT2D eigenvalue weighted by molar-refractivity contribution is 5.92. The largest absolute Gasteiger partial charge is 0.329 e. The Balaban J connectivity index is 1.92. The van der Waals surface area contributed by atoms with E-state index in [2.05, 4.69) is 5.32 Å². The van der Waals surface area contributed by atoms with Gasteiger partial charge in [0.1, 0.15) is 0 Å². The summed E-state index contributed by atoms with van der Waals surface area (Å²) in [5.41, 5.74) is 5.88. The first-order chi connectivity index (χ1) is 9.10. The number of nitrogens with two attached hydrogens (primary N) is 1. The topological polar surface area (TPSA) is 58.4 Å². The molecule has 0 aromatic heterocycles. The van der Waals surface area contributed by atoms with E-state index in [0.29, 0.717) is 6.54 Å². The number of rotatable bonds is 4. The van der Waals surface area contributed by atoms with Crippen molar-refractivity contribution in [2.75, 3.05) is 25.0 Å². The molecule has 0 radical (unpaired) electrons. The van der Waals surface area contributed by atoms with Gasteiger partial charge in [-0.3, -0.25) is 9.69 Å². The Kier molecular flexibility index (Phi) is 4.44. The minimum absolute atomic E-state index is 0.223. The zero-order chi connectivity index (χ0) is 13.8. The average molecular weight is 269 g/mol. The van der Waals surface area contributed by atoms with E-state index < -0.39 is 11.6 Å². The second-order valence-corrected chi connectivity index (χ2v) is 4.68. The van der Waals surface area contributed by atoms with Crippen molar-refractivity contribution in [2.24, 2.45) is 5.73 Å². The van der Waals surface area contributed by atoms with Gasteiger partial charge < -0.3 is 11.1 Å². The van der Waals surface area contributed by atoms with Crippen molar-refractivity contribution in [2.45, 2.75) is 18.9 Å². The number of nitrogens with zero attached hydrogens (tertiary/aromatic N) is 1. The molecule has 0 bridgehead atoms. The summed E-state index contributed by atoms with van der Waals surface area (Å²) < 4.78 is 25.7. The first-order valence-corrected chi connectivity index (χ1v) is 6.29. The molecule has 1 atom stereocenters. The van der Waals surface area contributed by atoms with Gasteiger partial charge in [-0.05, 0) is 31.5 Å². The minimum Gasteiger partial charge on any atom is -0.329 e. The number of halogens is 2. The van der Waals surface area contributed by atoms with E-state index in [9.17, 15) is 13.6 Å². The maximum atomic E-state index is 13.0. The van der Waals surface area contributed by atoms with Crippen LogP contribution < -0.4 is 11.1 Å². The summed E-state index contributed by atoms with van der Waals surface area (Å²) in [6.07, 6.45) is 2.02. The van der Waals surface area contributed by atoms with E-state index >= 15 is 0 Å². The summed E-state index contributed by atoms with van der Waals surface area (Å²) in [7, 11) is 0. The number of benzene rings is 1. The lowest BCUT2D eigenvalue weighted by molar-refractivity contribution is -0.117. The molecule has 1 heterocycles. The van der Waals surface area contributed by atoms with Crippen molar-refractivity contribution in [1.82, 2.24) is 4.90 Å². The lowest BCUT2D eigenvalue weighted by atomic mass is 10.2. The number of nitrogens with one attached hydrogen (secondary N) is 1. The number of hydrogen-bond donors (Lipinski definition) is 2. The molecule has 1 aromatic carbocycles. The number of likely N-dealkylation sites (tertiary alicyclic amines) is 1. The van der Waals surface area contributed by atoms with Gasteiger partial charge >= 0.3 is 0 Å². The standard InChI is InChI=1S/C13H17F2N3O/c14-11-4-3-9(6-12(11)15)17-13(19)8-18-5-1-2-10(18)7-16/h3-4,6,10H,1-2,5,7-8,16H2,(H,17,19). The first-order valence-electron chi connectivity index (χ1n) is 6.29. The molecule has 1 aliphatic rings. The van der Waals surface area contributed by atoms with Gasteiger partial charge in [-0.2, -0.15) is 0 Å². The molecule has 1 saturated heterocycles. The Morgan fingerprint density at radius 3 is 2.89 bits per heavy atom. The highest BCUT2D eigenvalue weighted by Crippen LogP contribution is 2.16. The molecule has 0 spiro atoms. The van der Waals surface area contributed by atoms with Gasteiger partial charge in [-0.25, -0.2) is 8.78 Å². The van der Waals surface area contributed by atoms with Crippen LogP contribution in [0.1, 0.15) is 12.8 Å². The van der Waals surface area contributed by atoms with Gasteiger partial charge in [0.15, 0.2) is 11.6 Å². The van der Waals surface area contributed by atoms with E-state index in [1.807, 2.05) is 4.90 Å². The number of anilines is 1. The fourth-order valence-electron chi connectivity index (χ4n) is 2.33. The van der Waals surface area contributed by atoms with Crippen LogP contribution in [-0.4, -0.2) is 36.5 Å². The van der Waals surface area contributed by atoms with E-state index in [-0.39, 0.29) is 24.2 Å². The predicted molar refractivity (Wildman–Crippen MR) is 68.6 cm³/mol. The summed E-state index contributed by atoms with van der Waals surface area (Å²) in [6.45, 7) is 1.59. The summed E-state index contributed by atoms with van der Waals surface area (Å²) in [6, 6.07) is 3.53. The van der Waals surface area contributed by atoms with Crippen molar-refractivity contribution in [3.63, 3.8) is 0 Å². The fourth-order valence-corrected chi connectivity index (χ4v) is 2.33. The van der Waals surface area contributed by atoms with Crippen molar-refractivity contribution >= 4 is 11.6 Å². The Labute approximate surface area is 110 Å². The molecule has 104 valence electrons. The molecule has 2 rings (SSSR count). The Bertz CT molecular complexity index is 467. The van der Waals surface area contributed by atoms with Crippen molar-refractivity contribution < 1.29 is 13.6 Å². The van der Waals surface area contributed by atoms with Crippen molar-refractivity contribution in [1.29, 1.82) is 0 Å². The molecular weight excluding hydrogens is 252 g/mol. The van der Waals surface area contributed by atoms with Crippen molar-refractivity contribution in [3.8, 4) is 0 Å². The van der Waals surface area contributed by atoms with Crippen LogP contribution in [0.5, 0.6) is 0 Å². The number of hydrogen-bond acceptors (Lipinski definition) is 3. The van der Waals surface area contributed by atoms with Crippen LogP contribution >= 0.6 is 0 Å². The molecule has 0 saturated carbocycles. The monoisotopic (exact) mass is 269 g/mol. The van der Waals surface area contributed by atoms with Crippen LogP contribution in [0.15, 0.2) is 18.2 Å². The third-order valence-electron chi connectivity index (χ3n) is 3.32. The Morgan fingerprint density at radius 1 is 1.42 bits per heavy atom. The van der Waals surface area contributed by atoms with Crippen molar-refractivity contribution in [3.05, 3.63) is 29.8 Å². The number of carbonyl (C=O) groups is 1. The second kappa shape index (κ2) is 6.08. The summed E-state index contributed by atoms with van der Waals surface area (Å²) in [5.74, 6) is -2.15. The smallest absolute Gasteiger partial charge is 0.238 e. The fraction of sp³-hybridized carbons (Fsp3) is 0.462. The predicted octanol–water partition coefficient (Wildman–Crippen LogP) is 1.33. The van der Waals surface area contributed by atoms with E-state index in [1.54, 1.807) is 0 Å². The summed E-state index contributed by atoms with van der Waals surface area (Å²) in [5, 5.41) is 2.55. The average Bonchev–Trinajstić information content (AvgIpc) is 2.81. The minimum atomic E-state index is -0.973. The summed E-state index contributed by atoms with van der Waals surface area (Å²) >= 11 is 0. The molecule has 4 nitrogen and oxygen atoms in total. The quantitative estimate of drug-likeness (QED) is 0.867. The first kappa shape index (κ1) is 13.9. The molecule has 19 heavy (non-hydrogen) atoms. The van der Waals surface area contributed by atoms with Gasteiger partial charge in [0.25, 0.3) is 0 Å². The lowest BCUT2D eigenvalue weighted by Gasteiger charge is -2.22. The van der Waals surface area contributed by atoms with Gasteiger partial charge in [0.05, 0.1) is 6.54 Å². The van der Waals surface area contributed by atoms with Crippen LogP contribution in [0.3, 0.4) is 0 Å². The third kappa shape index (κ3) is 3.48. The molecule has 6 heteroatoms. The van der Waals surface area contributed by atoms with Crippen LogP contribution in [0.4, 0.5) is 14.5 Å². The number of carbonyl (C=O) groups excluding carboxylic acids is 1.